The van der Waals surface area contributed by atoms with Crippen LogP contribution >= 0.6 is 11.6 Å². The average molecular weight is 407 g/mol. The van der Waals surface area contributed by atoms with E-state index in [1.807, 2.05) is 0 Å². The highest BCUT2D eigenvalue weighted by Crippen LogP contribution is 2.32. The van der Waals surface area contributed by atoms with Crippen molar-refractivity contribution in [2.24, 2.45) is 0 Å². The molecule has 0 bridgehead atoms. The number of phenolic OH excluding ortho intramolecular Hbond substituents is 1. The lowest BCUT2D eigenvalue weighted by atomic mass is 10.2. The molecule has 0 saturated carbocycles. The average Bonchev–Trinajstić information content (AvgIpc) is 2.69. The van der Waals surface area contributed by atoms with E-state index in [1.54, 1.807) is 24.3 Å². The summed E-state index contributed by atoms with van der Waals surface area (Å²) in [5.41, 5.74) is 1.28. The Morgan fingerprint density at radius 2 is 1.57 bits per heavy atom. The number of phenols is 1. The van der Waals surface area contributed by atoms with Gasteiger partial charge in [0, 0.05) is 18.0 Å². The Hall–Kier alpha value is -3.13. The lowest BCUT2D eigenvalue weighted by Crippen LogP contribution is -2.25. The molecule has 8 nitrogen and oxygen atoms in total. The van der Waals surface area contributed by atoms with Crippen molar-refractivity contribution < 1.29 is 28.9 Å². The summed E-state index contributed by atoms with van der Waals surface area (Å²) in [5.74, 6) is 2.27. The van der Waals surface area contributed by atoms with E-state index >= 15 is 0 Å². The minimum atomic E-state index is -0.173. The number of aromatic hydroxyl groups is 1. The third-order valence-corrected chi connectivity index (χ3v) is 4.00. The number of hydrogen-bond acceptors (Lipinski definition) is 6. The van der Waals surface area contributed by atoms with Gasteiger partial charge >= 0.3 is 0 Å². The van der Waals surface area contributed by atoms with Gasteiger partial charge in [-0.2, -0.15) is 0 Å². The number of alkyl halides is 1. The number of amides is 2. The van der Waals surface area contributed by atoms with Crippen molar-refractivity contribution in [3.63, 3.8) is 0 Å². The maximum Gasteiger partial charge on any atom is 0.262 e. The first kappa shape index (κ1) is 19.6. The number of nitrogens with one attached hydrogen (secondary N) is 2. The van der Waals surface area contributed by atoms with Gasteiger partial charge in [-0.1, -0.05) is 0 Å². The Bertz CT molecular complexity index is 873. The number of carbonyl (C=O) groups is 2. The summed E-state index contributed by atoms with van der Waals surface area (Å²) in [4.78, 5) is 21.9. The lowest BCUT2D eigenvalue weighted by molar-refractivity contribution is -0.119. The van der Waals surface area contributed by atoms with Crippen molar-refractivity contribution in [1.29, 1.82) is 0 Å². The Kier molecular flexibility index (Phi) is 6.44. The first-order valence-corrected chi connectivity index (χ1v) is 9.10. The maximum atomic E-state index is 11.0. The Labute approximate surface area is 166 Å². The molecule has 2 aliphatic heterocycles. The molecular weight excluding hydrogens is 388 g/mol. The largest absolute Gasteiger partial charge is 0.508 e. The van der Waals surface area contributed by atoms with E-state index in [4.69, 9.17) is 30.9 Å². The summed E-state index contributed by atoms with van der Waals surface area (Å²) in [6.07, 6.45) is 0.802. The summed E-state index contributed by atoms with van der Waals surface area (Å²) in [5, 5.41) is 14.4. The molecule has 2 heterocycles. The highest BCUT2D eigenvalue weighted by molar-refractivity contribution is 6.17. The van der Waals surface area contributed by atoms with E-state index < -0.39 is 0 Å². The second kappa shape index (κ2) is 9.18. The van der Waals surface area contributed by atoms with Crippen LogP contribution in [0.2, 0.25) is 0 Å². The van der Waals surface area contributed by atoms with E-state index in [1.165, 1.54) is 12.1 Å². The van der Waals surface area contributed by atoms with Gasteiger partial charge in [-0.05, 0) is 30.7 Å². The molecule has 0 radical (unpaired) electrons. The van der Waals surface area contributed by atoms with Crippen LogP contribution in [0, 0.1) is 0 Å². The molecule has 28 heavy (non-hydrogen) atoms. The molecule has 0 spiro atoms. The number of halogens is 1. The van der Waals surface area contributed by atoms with Gasteiger partial charge in [0.25, 0.3) is 11.8 Å². The Morgan fingerprint density at radius 1 is 0.964 bits per heavy atom. The lowest BCUT2D eigenvalue weighted by Gasteiger charge is -2.18. The molecule has 148 valence electrons. The van der Waals surface area contributed by atoms with E-state index in [9.17, 15) is 9.59 Å². The molecule has 2 aliphatic rings. The highest BCUT2D eigenvalue weighted by atomic mass is 35.5. The van der Waals surface area contributed by atoms with Crippen LogP contribution in [-0.2, 0) is 9.59 Å². The maximum absolute atomic E-state index is 11.0. The molecule has 0 saturated heterocycles. The number of rotatable bonds is 4. The number of fused-ring (bicyclic) bond motifs is 2. The topological polar surface area (TPSA) is 106 Å². The van der Waals surface area contributed by atoms with Gasteiger partial charge in [0.05, 0.1) is 18.0 Å². The van der Waals surface area contributed by atoms with Crippen molar-refractivity contribution in [2.75, 3.05) is 36.3 Å². The smallest absolute Gasteiger partial charge is 0.262 e. The molecule has 0 aromatic heterocycles. The molecule has 9 heteroatoms. The number of anilines is 2. The normalized spacial score (nSPS) is 14.0. The second-order valence-corrected chi connectivity index (χ2v) is 6.28. The number of benzene rings is 2. The van der Waals surface area contributed by atoms with Crippen LogP contribution in [0.3, 0.4) is 0 Å². The van der Waals surface area contributed by atoms with Crippen LogP contribution in [0.15, 0.2) is 36.4 Å². The quantitative estimate of drug-likeness (QED) is 0.409. The fourth-order valence-electron chi connectivity index (χ4n) is 2.45. The summed E-state index contributed by atoms with van der Waals surface area (Å²) in [6.45, 7) is 0.642. The molecule has 0 atom stereocenters. The highest BCUT2D eigenvalue weighted by Gasteiger charge is 2.16. The predicted molar refractivity (Wildman–Crippen MR) is 104 cm³/mol. The van der Waals surface area contributed by atoms with Crippen LogP contribution in [0.1, 0.15) is 6.42 Å². The van der Waals surface area contributed by atoms with Gasteiger partial charge in [0.15, 0.2) is 13.2 Å². The fraction of sp³-hybridized carbons (Fsp3) is 0.263. The van der Waals surface area contributed by atoms with Gasteiger partial charge < -0.3 is 30.0 Å². The third-order valence-electron chi connectivity index (χ3n) is 3.73. The van der Waals surface area contributed by atoms with Crippen molar-refractivity contribution in [2.45, 2.75) is 6.42 Å². The molecule has 3 N–H and O–H groups in total. The molecule has 2 amide bonds. The van der Waals surface area contributed by atoms with Crippen LogP contribution < -0.4 is 24.8 Å². The first-order valence-electron chi connectivity index (χ1n) is 8.56. The van der Waals surface area contributed by atoms with Gasteiger partial charge in [0.1, 0.15) is 23.0 Å². The van der Waals surface area contributed by atoms with Crippen molar-refractivity contribution in [3.05, 3.63) is 36.4 Å². The Morgan fingerprint density at radius 3 is 2.21 bits per heavy atom. The van der Waals surface area contributed by atoms with Gasteiger partial charge in [-0.15, -0.1) is 11.6 Å². The van der Waals surface area contributed by atoms with Crippen LogP contribution in [0.25, 0.3) is 0 Å². The zero-order valence-corrected chi connectivity index (χ0v) is 15.6. The van der Waals surface area contributed by atoms with Gasteiger partial charge in [-0.25, -0.2) is 0 Å². The summed E-state index contributed by atoms with van der Waals surface area (Å²) in [6, 6.07) is 9.89. The molecular formula is C19H19ClN2O6. The zero-order valence-electron chi connectivity index (χ0n) is 14.9. The first-order chi connectivity index (χ1) is 13.5. The van der Waals surface area contributed by atoms with E-state index in [-0.39, 0.29) is 30.8 Å². The van der Waals surface area contributed by atoms with E-state index in [0.717, 1.165) is 12.2 Å². The van der Waals surface area contributed by atoms with E-state index in [0.29, 0.717) is 35.4 Å². The molecule has 2 aromatic rings. The summed E-state index contributed by atoms with van der Waals surface area (Å²) >= 11 is 5.55. The molecule has 0 fully saturated rings. The van der Waals surface area contributed by atoms with Crippen molar-refractivity contribution >= 4 is 34.8 Å². The van der Waals surface area contributed by atoms with Crippen LogP contribution in [-0.4, -0.2) is 42.6 Å². The molecule has 4 rings (SSSR count). The zero-order chi connectivity index (χ0) is 19.9. The standard InChI is InChI=1S/C11H12ClNO3.C8H7NO3/c12-4-1-5-15-8-2-3-9-10(6-8)16-7-11(14)13-9;10-5-1-2-6-7(3-5)12-4-8(11)9-6/h2-3,6H,1,4-5,7H2,(H,13,14);1-3,10H,4H2,(H,9,11). The SMILES string of the molecule is O=C1COc2cc(O)ccc2N1.O=C1COc2cc(OCCCCl)ccc2N1. The summed E-state index contributed by atoms with van der Waals surface area (Å²) in [7, 11) is 0. The molecule has 0 unspecified atom stereocenters. The van der Waals surface area contributed by atoms with Gasteiger partial charge in [0.2, 0.25) is 0 Å². The third kappa shape index (κ3) is 5.20. The van der Waals surface area contributed by atoms with Crippen molar-refractivity contribution in [3.8, 4) is 23.0 Å². The Balaban J connectivity index is 0.000000167. The fourth-order valence-corrected chi connectivity index (χ4v) is 2.56. The number of hydrogen-bond donors (Lipinski definition) is 3. The summed E-state index contributed by atoms with van der Waals surface area (Å²) < 4.78 is 15.8. The molecule has 2 aromatic carbocycles. The number of carbonyl (C=O) groups excluding carboxylic acids is 2. The van der Waals surface area contributed by atoms with Gasteiger partial charge in [-0.3, -0.25) is 9.59 Å². The van der Waals surface area contributed by atoms with Crippen molar-refractivity contribution in [1.82, 2.24) is 0 Å². The monoisotopic (exact) mass is 406 g/mol. The number of ether oxygens (including phenoxy) is 3. The second-order valence-electron chi connectivity index (χ2n) is 5.90. The van der Waals surface area contributed by atoms with E-state index in [2.05, 4.69) is 10.6 Å². The van der Waals surface area contributed by atoms with Crippen LogP contribution in [0.4, 0.5) is 11.4 Å². The minimum absolute atomic E-state index is 0.0104. The predicted octanol–water partition coefficient (Wildman–Crippen LogP) is 2.75. The molecule has 0 aliphatic carbocycles. The minimum Gasteiger partial charge on any atom is -0.508 e. The van der Waals surface area contributed by atoms with Crippen LogP contribution in [0.5, 0.6) is 23.0 Å².